The summed E-state index contributed by atoms with van der Waals surface area (Å²) in [7, 11) is 2.36. The first kappa shape index (κ1) is 21.8. The monoisotopic (exact) mass is 437 g/mol. The van der Waals surface area contributed by atoms with E-state index in [9.17, 15) is 14.4 Å². The van der Waals surface area contributed by atoms with Gasteiger partial charge < -0.3 is 9.47 Å². The van der Waals surface area contributed by atoms with Gasteiger partial charge in [-0.05, 0) is 19.1 Å². The zero-order chi connectivity index (χ0) is 22.4. The lowest BCUT2D eigenvalue weighted by Crippen LogP contribution is -2.17. The molecule has 0 aliphatic rings. The Kier molecular flexibility index (Phi) is 6.88. The van der Waals surface area contributed by atoms with Gasteiger partial charge in [0.15, 0.2) is 10.7 Å². The maximum atomic E-state index is 12.9. The number of methoxy groups -OCH3 is 2. The molecule has 0 fully saturated rings. The molecule has 3 rings (SSSR count). The van der Waals surface area contributed by atoms with Crippen molar-refractivity contribution in [1.82, 2.24) is 9.78 Å². The number of carbonyl (C=O) groups is 3. The van der Waals surface area contributed by atoms with E-state index in [1.54, 1.807) is 24.3 Å². The maximum Gasteiger partial charge on any atom is 0.357 e. The molecule has 0 atom stereocenters. The summed E-state index contributed by atoms with van der Waals surface area (Å²) in [6.07, 6.45) is 0.920. The largest absolute Gasteiger partial charge is 0.466 e. The summed E-state index contributed by atoms with van der Waals surface area (Å²) in [6.45, 7) is 1.94. The third-order valence-electron chi connectivity index (χ3n) is 4.14. The number of aryl methyl sites for hydroxylation is 1. The minimum atomic E-state index is -0.829. The fraction of sp³-hybridized carbons (Fsp3) is 0.136. The summed E-state index contributed by atoms with van der Waals surface area (Å²) in [5.74, 6) is -1.88. The van der Waals surface area contributed by atoms with Crippen molar-refractivity contribution in [3.63, 3.8) is 0 Å². The quantitative estimate of drug-likeness (QED) is 0.334. The summed E-state index contributed by atoms with van der Waals surface area (Å²) in [5.41, 5.74) is 1.87. The Labute approximate surface area is 182 Å². The van der Waals surface area contributed by atoms with Crippen LogP contribution in [0.4, 0.5) is 0 Å². The van der Waals surface area contributed by atoms with E-state index in [1.165, 1.54) is 18.9 Å². The lowest BCUT2D eigenvalue weighted by Gasteiger charge is -2.03. The highest BCUT2D eigenvalue weighted by atomic mass is 32.1. The van der Waals surface area contributed by atoms with E-state index in [0.717, 1.165) is 23.0 Å². The first-order valence-corrected chi connectivity index (χ1v) is 9.94. The molecule has 1 aromatic heterocycles. The van der Waals surface area contributed by atoms with Gasteiger partial charge in [-0.3, -0.25) is 4.79 Å². The molecule has 8 nitrogen and oxygen atoms in total. The van der Waals surface area contributed by atoms with Crippen molar-refractivity contribution in [3.05, 3.63) is 87.3 Å². The molecule has 1 heterocycles. The molecule has 0 saturated carbocycles. The number of ketones is 1. The van der Waals surface area contributed by atoms with E-state index < -0.39 is 11.9 Å². The Morgan fingerprint density at radius 2 is 1.68 bits per heavy atom. The minimum Gasteiger partial charge on any atom is -0.466 e. The molecular weight excluding hydrogens is 418 g/mol. The first-order valence-electron chi connectivity index (χ1n) is 9.12. The van der Waals surface area contributed by atoms with Gasteiger partial charge in [0.25, 0.3) is 0 Å². The van der Waals surface area contributed by atoms with Gasteiger partial charge in [-0.15, -0.1) is 0 Å². The molecule has 3 aromatic rings. The third-order valence-corrected chi connectivity index (χ3v) is 5.04. The van der Waals surface area contributed by atoms with Gasteiger partial charge in [-0.1, -0.05) is 59.4 Å². The van der Waals surface area contributed by atoms with Crippen LogP contribution in [0, 0.1) is 6.92 Å². The van der Waals surface area contributed by atoms with Gasteiger partial charge in [0, 0.05) is 5.56 Å². The van der Waals surface area contributed by atoms with Crippen molar-refractivity contribution in [2.45, 2.75) is 6.92 Å². The van der Waals surface area contributed by atoms with Crippen LogP contribution in [0.3, 0.4) is 0 Å². The van der Waals surface area contributed by atoms with Crippen LogP contribution in [0.2, 0.25) is 0 Å². The van der Waals surface area contributed by atoms with Crippen LogP contribution in [-0.2, 0) is 19.1 Å². The van der Waals surface area contributed by atoms with E-state index in [1.807, 2.05) is 37.3 Å². The number of rotatable bonds is 6. The van der Waals surface area contributed by atoms with Crippen LogP contribution in [0.25, 0.3) is 5.69 Å². The molecule has 0 N–H and O–H groups in total. The molecule has 0 unspecified atom stereocenters. The van der Waals surface area contributed by atoms with Crippen molar-refractivity contribution < 1.29 is 23.9 Å². The van der Waals surface area contributed by atoms with Crippen LogP contribution in [0.5, 0.6) is 0 Å². The molecule has 0 radical (unpaired) electrons. The molecule has 0 spiro atoms. The standard InChI is InChI=1S/C22H19N3O5S/c1-14-9-11-16(12-10-14)25-22(23-17(21(28)30-3)13-18(26)29-2)31-20(24-25)19(27)15-7-5-4-6-8-15/h4-13H,1-3H3. The third kappa shape index (κ3) is 5.20. The zero-order valence-corrected chi connectivity index (χ0v) is 17.9. The number of esters is 2. The lowest BCUT2D eigenvalue weighted by atomic mass is 10.1. The van der Waals surface area contributed by atoms with Gasteiger partial charge in [-0.2, -0.15) is 5.10 Å². The van der Waals surface area contributed by atoms with Gasteiger partial charge in [0.05, 0.1) is 26.0 Å². The van der Waals surface area contributed by atoms with Gasteiger partial charge >= 0.3 is 11.9 Å². The predicted octanol–water partition coefficient (Wildman–Crippen LogP) is 2.60. The highest BCUT2D eigenvalue weighted by molar-refractivity contribution is 7.11. The van der Waals surface area contributed by atoms with E-state index in [2.05, 4.69) is 14.8 Å². The summed E-state index contributed by atoms with van der Waals surface area (Å²) >= 11 is 0.987. The number of hydrogen-bond acceptors (Lipinski definition) is 8. The number of carbonyl (C=O) groups excluding carboxylic acids is 3. The van der Waals surface area contributed by atoms with E-state index in [0.29, 0.717) is 11.3 Å². The van der Waals surface area contributed by atoms with Crippen LogP contribution in [-0.4, -0.2) is 41.7 Å². The maximum absolute atomic E-state index is 12.9. The summed E-state index contributed by atoms with van der Waals surface area (Å²) in [5, 5.41) is 4.59. The second-order valence-electron chi connectivity index (χ2n) is 6.29. The number of benzene rings is 2. The lowest BCUT2D eigenvalue weighted by molar-refractivity contribution is -0.138. The molecule has 0 amide bonds. The van der Waals surface area contributed by atoms with Crippen molar-refractivity contribution in [2.75, 3.05) is 14.2 Å². The molecule has 0 bridgehead atoms. The SMILES string of the molecule is COC(=O)C=C(N=c1sc(C(=O)c2ccccc2)nn1-c1ccc(C)cc1)C(=O)OC. The second-order valence-corrected chi connectivity index (χ2v) is 7.24. The Morgan fingerprint density at radius 3 is 2.29 bits per heavy atom. The average molecular weight is 437 g/mol. The second kappa shape index (κ2) is 9.77. The highest BCUT2D eigenvalue weighted by Gasteiger charge is 2.18. The first-order chi connectivity index (χ1) is 14.9. The van der Waals surface area contributed by atoms with Crippen LogP contribution in [0.1, 0.15) is 20.9 Å². The fourth-order valence-electron chi connectivity index (χ4n) is 2.53. The molecule has 158 valence electrons. The Hall–Kier alpha value is -3.85. The Balaban J connectivity index is 2.20. The van der Waals surface area contributed by atoms with E-state index >= 15 is 0 Å². The Morgan fingerprint density at radius 1 is 1.00 bits per heavy atom. The average Bonchev–Trinajstić information content (AvgIpc) is 3.22. The van der Waals surface area contributed by atoms with E-state index in [-0.39, 0.29) is 21.3 Å². The highest BCUT2D eigenvalue weighted by Crippen LogP contribution is 2.14. The van der Waals surface area contributed by atoms with Gasteiger partial charge in [0.1, 0.15) is 0 Å². The smallest absolute Gasteiger partial charge is 0.357 e. The summed E-state index contributed by atoms with van der Waals surface area (Å²) in [6, 6.07) is 16.1. The van der Waals surface area contributed by atoms with Gasteiger partial charge in [-0.25, -0.2) is 19.3 Å². The molecule has 31 heavy (non-hydrogen) atoms. The molecular formula is C22H19N3O5S. The van der Waals surface area contributed by atoms with Crippen LogP contribution in [0.15, 0.2) is 71.4 Å². The topological polar surface area (TPSA) is 99.9 Å². The van der Waals surface area contributed by atoms with Crippen molar-refractivity contribution >= 4 is 29.1 Å². The number of nitrogens with zero attached hydrogens (tertiary/aromatic N) is 3. The van der Waals surface area contributed by atoms with Crippen molar-refractivity contribution in [2.24, 2.45) is 4.99 Å². The normalized spacial score (nSPS) is 11.8. The van der Waals surface area contributed by atoms with Crippen molar-refractivity contribution in [3.8, 4) is 5.69 Å². The number of ether oxygens (including phenoxy) is 2. The van der Waals surface area contributed by atoms with Gasteiger partial charge in [0.2, 0.25) is 10.6 Å². The Bertz CT molecular complexity index is 1210. The number of hydrogen-bond donors (Lipinski definition) is 0. The van der Waals surface area contributed by atoms with Crippen LogP contribution >= 0.6 is 11.3 Å². The van der Waals surface area contributed by atoms with E-state index in [4.69, 9.17) is 4.74 Å². The fourth-order valence-corrected chi connectivity index (χ4v) is 3.41. The molecule has 0 aliphatic carbocycles. The molecule has 2 aromatic carbocycles. The minimum absolute atomic E-state index is 0.174. The molecule has 0 aliphatic heterocycles. The predicted molar refractivity (Wildman–Crippen MR) is 114 cm³/mol. The number of aromatic nitrogens is 2. The van der Waals surface area contributed by atoms with Crippen molar-refractivity contribution in [1.29, 1.82) is 0 Å². The molecule has 9 heteroatoms. The zero-order valence-electron chi connectivity index (χ0n) is 17.1. The van der Waals surface area contributed by atoms with Crippen LogP contribution < -0.4 is 4.80 Å². The molecule has 0 saturated heterocycles. The summed E-state index contributed by atoms with van der Waals surface area (Å²) in [4.78, 5) is 41.2. The summed E-state index contributed by atoms with van der Waals surface area (Å²) < 4.78 is 10.7.